The van der Waals surface area contributed by atoms with E-state index in [1.807, 2.05) is 0 Å². The van der Waals surface area contributed by atoms with Crippen molar-refractivity contribution in [1.82, 2.24) is 20.5 Å². The van der Waals surface area contributed by atoms with Gasteiger partial charge in [-0.2, -0.15) is 5.10 Å². The summed E-state index contributed by atoms with van der Waals surface area (Å²) in [6.45, 7) is 0.586. The molecular weight excluding hydrogens is 260 g/mol. The Balaban J connectivity index is 1.51. The zero-order chi connectivity index (χ0) is 14.0. The Morgan fingerprint density at radius 1 is 1.40 bits per heavy atom. The molecule has 3 rings (SSSR count). The first-order valence-electron chi connectivity index (χ1n) is 7.22. The number of ether oxygens (including phenoxy) is 1. The van der Waals surface area contributed by atoms with Crippen molar-refractivity contribution in [1.29, 1.82) is 0 Å². The molecule has 1 aliphatic heterocycles. The fourth-order valence-corrected chi connectivity index (χ4v) is 3.30. The van der Waals surface area contributed by atoms with Gasteiger partial charge in [0.15, 0.2) is 0 Å². The summed E-state index contributed by atoms with van der Waals surface area (Å²) >= 11 is 0. The van der Waals surface area contributed by atoms with E-state index in [4.69, 9.17) is 4.74 Å². The molecule has 1 spiro atoms. The minimum Gasteiger partial charge on any atom is -0.373 e. The maximum atomic E-state index is 11.9. The second-order valence-corrected chi connectivity index (χ2v) is 5.82. The van der Waals surface area contributed by atoms with E-state index in [0.717, 1.165) is 19.3 Å². The molecule has 7 nitrogen and oxygen atoms in total. The Morgan fingerprint density at radius 3 is 2.90 bits per heavy atom. The highest BCUT2D eigenvalue weighted by Crippen LogP contribution is 2.39. The zero-order valence-corrected chi connectivity index (χ0v) is 11.4. The molecule has 20 heavy (non-hydrogen) atoms. The predicted octanol–water partition coefficient (Wildman–Crippen LogP) is 0.248. The number of aromatic amines is 2. The third-order valence-electron chi connectivity index (χ3n) is 4.22. The van der Waals surface area contributed by atoms with Crippen molar-refractivity contribution in [3.05, 3.63) is 16.3 Å². The monoisotopic (exact) mass is 280 g/mol. The highest BCUT2D eigenvalue weighted by atomic mass is 16.5. The Labute approximate surface area is 116 Å². The summed E-state index contributed by atoms with van der Waals surface area (Å²) in [5, 5.41) is 8.95. The average Bonchev–Trinajstić information content (AvgIpc) is 2.98. The summed E-state index contributed by atoms with van der Waals surface area (Å²) < 4.78 is 5.95. The van der Waals surface area contributed by atoms with Crippen molar-refractivity contribution >= 4 is 5.91 Å². The van der Waals surface area contributed by atoms with Gasteiger partial charge in [-0.1, -0.05) is 19.3 Å². The lowest BCUT2D eigenvalue weighted by atomic mass is 9.82. The van der Waals surface area contributed by atoms with Crippen LogP contribution in [0.1, 0.15) is 44.3 Å². The van der Waals surface area contributed by atoms with Crippen molar-refractivity contribution < 1.29 is 9.53 Å². The van der Waals surface area contributed by atoms with Crippen LogP contribution in [-0.2, 0) is 16.0 Å². The lowest BCUT2D eigenvalue weighted by molar-refractivity contribution is -0.121. The van der Waals surface area contributed by atoms with Crippen molar-refractivity contribution in [2.45, 2.75) is 56.6 Å². The van der Waals surface area contributed by atoms with Crippen LogP contribution in [0, 0.1) is 0 Å². The highest BCUT2D eigenvalue weighted by Gasteiger charge is 2.41. The summed E-state index contributed by atoms with van der Waals surface area (Å²) in [6, 6.07) is 0.0752. The van der Waals surface area contributed by atoms with Gasteiger partial charge in [-0.3, -0.25) is 9.78 Å². The second kappa shape index (κ2) is 5.40. The Hall–Kier alpha value is -1.63. The summed E-state index contributed by atoms with van der Waals surface area (Å²) in [4.78, 5) is 25.3. The van der Waals surface area contributed by atoms with Gasteiger partial charge in [0.2, 0.25) is 5.91 Å². The number of hydrogen-bond acceptors (Lipinski definition) is 4. The highest BCUT2D eigenvalue weighted by molar-refractivity contribution is 5.78. The number of carbonyl (C=O) groups excluding carboxylic acids is 1. The molecule has 1 aromatic heterocycles. The van der Waals surface area contributed by atoms with Crippen LogP contribution in [0.4, 0.5) is 0 Å². The quantitative estimate of drug-likeness (QED) is 0.739. The Bertz CT molecular complexity index is 530. The SMILES string of the molecule is O=C(Cc1n[nH]c(=O)[nH]1)N[C@H]1COC2(CCCCC2)C1. The molecule has 1 aliphatic carbocycles. The van der Waals surface area contributed by atoms with E-state index in [1.54, 1.807) is 0 Å². The van der Waals surface area contributed by atoms with Crippen LogP contribution < -0.4 is 11.0 Å². The molecule has 0 unspecified atom stereocenters. The molecule has 1 atom stereocenters. The van der Waals surface area contributed by atoms with Gasteiger partial charge in [0.1, 0.15) is 5.82 Å². The molecule has 3 N–H and O–H groups in total. The maximum absolute atomic E-state index is 11.9. The number of carbonyl (C=O) groups is 1. The lowest BCUT2D eigenvalue weighted by Crippen LogP contribution is -2.38. The molecule has 0 bridgehead atoms. The first kappa shape index (κ1) is 13.4. The number of hydrogen-bond donors (Lipinski definition) is 3. The lowest BCUT2D eigenvalue weighted by Gasteiger charge is -2.32. The molecule has 1 saturated carbocycles. The van der Waals surface area contributed by atoms with E-state index in [1.165, 1.54) is 19.3 Å². The number of nitrogens with one attached hydrogen (secondary N) is 3. The van der Waals surface area contributed by atoms with Gasteiger partial charge >= 0.3 is 5.69 Å². The van der Waals surface area contributed by atoms with Gasteiger partial charge in [0.05, 0.1) is 24.7 Å². The van der Waals surface area contributed by atoms with Gasteiger partial charge in [-0.25, -0.2) is 9.89 Å². The van der Waals surface area contributed by atoms with Crippen molar-refractivity contribution in [3.8, 4) is 0 Å². The largest absolute Gasteiger partial charge is 0.373 e. The molecular formula is C13H20N4O3. The van der Waals surface area contributed by atoms with E-state index in [2.05, 4.69) is 20.5 Å². The third-order valence-corrected chi connectivity index (χ3v) is 4.22. The third kappa shape index (κ3) is 2.92. The molecule has 2 aliphatic rings. The second-order valence-electron chi connectivity index (χ2n) is 5.82. The molecule has 7 heteroatoms. The van der Waals surface area contributed by atoms with E-state index in [-0.39, 0.29) is 24.0 Å². The van der Waals surface area contributed by atoms with E-state index < -0.39 is 5.69 Å². The van der Waals surface area contributed by atoms with Gasteiger partial charge in [-0.05, 0) is 19.3 Å². The molecule has 1 aromatic rings. The number of nitrogens with zero attached hydrogens (tertiary/aromatic N) is 1. The molecule has 1 saturated heterocycles. The molecule has 1 amide bonds. The zero-order valence-electron chi connectivity index (χ0n) is 11.4. The van der Waals surface area contributed by atoms with Gasteiger partial charge in [0.25, 0.3) is 0 Å². The summed E-state index contributed by atoms with van der Waals surface area (Å²) in [6.07, 6.45) is 6.91. The van der Waals surface area contributed by atoms with Crippen molar-refractivity contribution in [2.24, 2.45) is 0 Å². The average molecular weight is 280 g/mol. The number of aromatic nitrogens is 3. The van der Waals surface area contributed by atoms with Crippen LogP contribution in [0.15, 0.2) is 4.79 Å². The number of rotatable bonds is 3. The summed E-state index contributed by atoms with van der Waals surface area (Å²) in [7, 11) is 0. The molecule has 0 aromatic carbocycles. The Morgan fingerprint density at radius 2 is 2.20 bits per heavy atom. The molecule has 0 radical (unpaired) electrons. The molecule has 2 heterocycles. The number of H-pyrrole nitrogens is 2. The minimum atomic E-state index is -0.391. The van der Waals surface area contributed by atoms with E-state index in [0.29, 0.717) is 12.4 Å². The van der Waals surface area contributed by atoms with Crippen LogP contribution in [0.5, 0.6) is 0 Å². The van der Waals surface area contributed by atoms with E-state index >= 15 is 0 Å². The van der Waals surface area contributed by atoms with Gasteiger partial charge < -0.3 is 10.1 Å². The molecule has 110 valence electrons. The van der Waals surface area contributed by atoms with E-state index in [9.17, 15) is 9.59 Å². The van der Waals surface area contributed by atoms with Crippen LogP contribution in [-0.4, -0.2) is 39.3 Å². The van der Waals surface area contributed by atoms with Crippen LogP contribution in [0.25, 0.3) is 0 Å². The minimum absolute atomic E-state index is 0.00313. The first-order chi connectivity index (χ1) is 9.65. The summed E-state index contributed by atoms with van der Waals surface area (Å²) in [5.74, 6) is 0.230. The fourth-order valence-electron chi connectivity index (χ4n) is 3.30. The Kier molecular flexibility index (Phi) is 3.60. The maximum Gasteiger partial charge on any atom is 0.340 e. The molecule has 2 fully saturated rings. The summed E-state index contributed by atoms with van der Waals surface area (Å²) in [5.41, 5.74) is -0.394. The van der Waals surface area contributed by atoms with Crippen LogP contribution in [0.3, 0.4) is 0 Å². The fraction of sp³-hybridized carbons (Fsp3) is 0.769. The predicted molar refractivity (Wildman–Crippen MR) is 71.2 cm³/mol. The standard InChI is InChI=1S/C13H20N4O3/c18-11(6-10-15-12(19)17-16-10)14-9-7-13(20-8-9)4-2-1-3-5-13/h9H,1-8H2,(H,14,18)(H2,15,16,17,19)/t9-/m1/s1. The van der Waals surface area contributed by atoms with Gasteiger partial charge in [-0.15, -0.1) is 0 Å². The van der Waals surface area contributed by atoms with Gasteiger partial charge in [0, 0.05) is 0 Å². The van der Waals surface area contributed by atoms with Crippen molar-refractivity contribution in [2.75, 3.05) is 6.61 Å². The van der Waals surface area contributed by atoms with Crippen LogP contribution in [0.2, 0.25) is 0 Å². The topological polar surface area (TPSA) is 99.9 Å². The normalized spacial score (nSPS) is 24.9. The smallest absolute Gasteiger partial charge is 0.340 e. The number of amides is 1. The first-order valence-corrected chi connectivity index (χ1v) is 7.22. The van der Waals surface area contributed by atoms with Crippen molar-refractivity contribution in [3.63, 3.8) is 0 Å². The van der Waals surface area contributed by atoms with Crippen LogP contribution >= 0.6 is 0 Å².